The van der Waals surface area contributed by atoms with E-state index in [-0.39, 0.29) is 18.1 Å². The van der Waals surface area contributed by atoms with Crippen LogP contribution in [0.15, 0.2) is 53.9 Å². The molecule has 6 heteroatoms. The third kappa shape index (κ3) is 3.47. The van der Waals surface area contributed by atoms with E-state index < -0.39 is 5.97 Å². The van der Waals surface area contributed by atoms with Gasteiger partial charge in [0.1, 0.15) is 17.4 Å². The minimum atomic E-state index is -0.563. The Kier molecular flexibility index (Phi) is 4.64. The number of carbonyl (C=O) groups is 1. The number of hydrogen-bond acceptors (Lipinski definition) is 5. The van der Waals surface area contributed by atoms with E-state index in [4.69, 9.17) is 10.00 Å². The minimum absolute atomic E-state index is 0.00593. The number of hydrogen-bond donors (Lipinski definition) is 0. The van der Waals surface area contributed by atoms with Crippen LogP contribution >= 0.6 is 11.3 Å². The number of carbonyl (C=O) groups excluding carboxylic acids is 1. The lowest BCUT2D eigenvalue weighted by atomic mass is 10.1. The summed E-state index contributed by atoms with van der Waals surface area (Å²) in [5.41, 5.74) is 2.03. The van der Waals surface area contributed by atoms with Gasteiger partial charge in [-0.05, 0) is 30.3 Å². The molecule has 118 valence electrons. The quantitative estimate of drug-likeness (QED) is 0.670. The number of aromatic nitrogens is 1. The van der Waals surface area contributed by atoms with Crippen LogP contribution in [0.2, 0.25) is 0 Å². The molecule has 0 radical (unpaired) electrons. The summed E-state index contributed by atoms with van der Waals surface area (Å²) in [6.45, 7) is 0.00593. The maximum atomic E-state index is 12.9. The third-order valence-corrected chi connectivity index (χ3v) is 4.19. The van der Waals surface area contributed by atoms with Gasteiger partial charge in [0, 0.05) is 16.5 Å². The van der Waals surface area contributed by atoms with E-state index in [1.165, 1.54) is 23.5 Å². The largest absolute Gasteiger partial charge is 0.456 e. The summed E-state index contributed by atoms with van der Waals surface area (Å²) in [5.74, 6) is -0.890. The maximum Gasteiger partial charge on any atom is 0.358 e. The zero-order valence-corrected chi connectivity index (χ0v) is 13.2. The van der Waals surface area contributed by atoms with Gasteiger partial charge in [0.25, 0.3) is 0 Å². The summed E-state index contributed by atoms with van der Waals surface area (Å²) >= 11 is 1.28. The standard InChI is InChI=1S/C18H11FN2O2S/c19-15-7-5-12(6-8-15)17-21-16(11-24-17)18(22)23-10-14-4-2-1-3-13(14)9-20/h1-8,11H,10H2. The molecule has 0 fully saturated rings. The van der Waals surface area contributed by atoms with Gasteiger partial charge in [-0.15, -0.1) is 11.3 Å². The molecule has 4 nitrogen and oxygen atoms in total. The molecule has 0 saturated heterocycles. The van der Waals surface area contributed by atoms with Gasteiger partial charge in [-0.3, -0.25) is 0 Å². The van der Waals surface area contributed by atoms with Crippen molar-refractivity contribution in [3.05, 3.63) is 76.5 Å². The van der Waals surface area contributed by atoms with Crippen molar-refractivity contribution in [3.8, 4) is 16.6 Å². The molecule has 0 bridgehead atoms. The predicted octanol–water partition coefficient (Wildman–Crippen LogP) is 4.18. The maximum absolute atomic E-state index is 12.9. The van der Waals surface area contributed by atoms with Gasteiger partial charge >= 0.3 is 5.97 Å². The number of halogens is 1. The predicted molar refractivity (Wildman–Crippen MR) is 87.8 cm³/mol. The van der Waals surface area contributed by atoms with Crippen LogP contribution in [0.3, 0.4) is 0 Å². The zero-order valence-electron chi connectivity index (χ0n) is 12.4. The first-order valence-corrected chi connectivity index (χ1v) is 7.92. The Morgan fingerprint density at radius 2 is 1.96 bits per heavy atom. The summed E-state index contributed by atoms with van der Waals surface area (Å²) in [5, 5.41) is 11.2. The van der Waals surface area contributed by atoms with Crippen molar-refractivity contribution >= 4 is 17.3 Å². The van der Waals surface area contributed by atoms with E-state index in [0.29, 0.717) is 16.1 Å². The molecule has 0 aliphatic heterocycles. The highest BCUT2D eigenvalue weighted by Crippen LogP contribution is 2.24. The molecular formula is C18H11FN2O2S. The van der Waals surface area contributed by atoms with E-state index in [1.54, 1.807) is 41.8 Å². The van der Waals surface area contributed by atoms with E-state index >= 15 is 0 Å². The van der Waals surface area contributed by atoms with Crippen LogP contribution < -0.4 is 0 Å². The second kappa shape index (κ2) is 7.02. The Bertz CT molecular complexity index is 913. The van der Waals surface area contributed by atoms with Crippen LogP contribution in [0.1, 0.15) is 21.6 Å². The van der Waals surface area contributed by atoms with Crippen LogP contribution in [0.4, 0.5) is 4.39 Å². The molecule has 0 saturated carbocycles. The summed E-state index contributed by atoms with van der Waals surface area (Å²) in [6, 6.07) is 14.9. The lowest BCUT2D eigenvalue weighted by Gasteiger charge is -2.04. The molecule has 3 aromatic rings. The van der Waals surface area contributed by atoms with Crippen molar-refractivity contribution in [1.29, 1.82) is 5.26 Å². The fourth-order valence-electron chi connectivity index (χ4n) is 2.07. The highest BCUT2D eigenvalue weighted by Gasteiger charge is 2.14. The van der Waals surface area contributed by atoms with Gasteiger partial charge in [0.15, 0.2) is 5.69 Å². The van der Waals surface area contributed by atoms with Gasteiger partial charge in [0.2, 0.25) is 0 Å². The molecule has 2 aromatic carbocycles. The summed E-state index contributed by atoms with van der Waals surface area (Å²) in [6.07, 6.45) is 0. The Morgan fingerprint density at radius 1 is 1.21 bits per heavy atom. The summed E-state index contributed by atoms with van der Waals surface area (Å²) in [7, 11) is 0. The van der Waals surface area contributed by atoms with Crippen molar-refractivity contribution in [2.45, 2.75) is 6.61 Å². The van der Waals surface area contributed by atoms with Crippen LogP contribution in [-0.2, 0) is 11.3 Å². The number of nitrogens with zero attached hydrogens (tertiary/aromatic N) is 2. The molecule has 1 heterocycles. The van der Waals surface area contributed by atoms with Crippen molar-refractivity contribution in [3.63, 3.8) is 0 Å². The van der Waals surface area contributed by atoms with E-state index in [1.807, 2.05) is 0 Å². The minimum Gasteiger partial charge on any atom is -0.456 e. The third-order valence-electron chi connectivity index (χ3n) is 3.30. The van der Waals surface area contributed by atoms with Gasteiger partial charge in [-0.2, -0.15) is 5.26 Å². The molecule has 0 aliphatic rings. The number of esters is 1. The molecule has 3 rings (SSSR count). The highest BCUT2D eigenvalue weighted by molar-refractivity contribution is 7.13. The van der Waals surface area contributed by atoms with Crippen molar-refractivity contribution in [2.75, 3.05) is 0 Å². The van der Waals surface area contributed by atoms with Crippen molar-refractivity contribution in [1.82, 2.24) is 4.98 Å². The van der Waals surface area contributed by atoms with E-state index in [0.717, 1.165) is 5.56 Å². The topological polar surface area (TPSA) is 63.0 Å². The SMILES string of the molecule is N#Cc1ccccc1COC(=O)c1csc(-c2ccc(F)cc2)n1. The molecule has 0 N–H and O–H groups in total. The van der Waals surface area contributed by atoms with E-state index in [2.05, 4.69) is 11.1 Å². The Balaban J connectivity index is 1.70. The molecule has 0 atom stereocenters. The highest BCUT2D eigenvalue weighted by atomic mass is 32.1. The van der Waals surface area contributed by atoms with Crippen LogP contribution in [0.5, 0.6) is 0 Å². The first-order chi connectivity index (χ1) is 11.7. The van der Waals surface area contributed by atoms with Crippen molar-refractivity contribution < 1.29 is 13.9 Å². The van der Waals surface area contributed by atoms with Crippen LogP contribution in [0.25, 0.3) is 10.6 Å². The lowest BCUT2D eigenvalue weighted by Crippen LogP contribution is -2.06. The van der Waals surface area contributed by atoms with Gasteiger partial charge < -0.3 is 4.74 Å². The fraction of sp³-hybridized carbons (Fsp3) is 0.0556. The summed E-state index contributed by atoms with van der Waals surface area (Å²) in [4.78, 5) is 16.3. The number of ether oxygens (including phenoxy) is 1. The van der Waals surface area contributed by atoms with Gasteiger partial charge in [0.05, 0.1) is 11.6 Å². The molecule has 1 aromatic heterocycles. The number of nitriles is 1. The number of rotatable bonds is 4. The average molecular weight is 338 g/mol. The second-order valence-electron chi connectivity index (χ2n) is 4.89. The Hall–Kier alpha value is -3.04. The molecule has 24 heavy (non-hydrogen) atoms. The number of thiazole rings is 1. The molecular weight excluding hydrogens is 327 g/mol. The number of benzene rings is 2. The summed E-state index contributed by atoms with van der Waals surface area (Å²) < 4.78 is 18.2. The van der Waals surface area contributed by atoms with Crippen LogP contribution in [-0.4, -0.2) is 11.0 Å². The average Bonchev–Trinajstić information content (AvgIpc) is 3.10. The van der Waals surface area contributed by atoms with Crippen molar-refractivity contribution in [2.24, 2.45) is 0 Å². The first kappa shape index (κ1) is 15.8. The second-order valence-corrected chi connectivity index (χ2v) is 5.75. The Labute approximate surface area is 141 Å². The van der Waals surface area contributed by atoms with Gasteiger partial charge in [-0.1, -0.05) is 18.2 Å². The smallest absolute Gasteiger partial charge is 0.358 e. The fourth-order valence-corrected chi connectivity index (χ4v) is 2.86. The molecule has 0 aliphatic carbocycles. The normalized spacial score (nSPS) is 10.2. The zero-order chi connectivity index (χ0) is 16.9. The molecule has 0 spiro atoms. The monoisotopic (exact) mass is 338 g/mol. The molecule has 0 amide bonds. The van der Waals surface area contributed by atoms with Crippen LogP contribution in [0, 0.1) is 17.1 Å². The molecule has 0 unspecified atom stereocenters. The first-order valence-electron chi connectivity index (χ1n) is 7.04. The lowest BCUT2D eigenvalue weighted by molar-refractivity contribution is 0.0466. The van der Waals surface area contributed by atoms with Gasteiger partial charge in [-0.25, -0.2) is 14.2 Å². The Morgan fingerprint density at radius 3 is 2.71 bits per heavy atom. The van der Waals surface area contributed by atoms with E-state index in [9.17, 15) is 9.18 Å².